The smallest absolute Gasteiger partial charge is 0.246 e. The van der Waals surface area contributed by atoms with Gasteiger partial charge < -0.3 is 15.1 Å². The molecule has 0 fully saturated rings. The van der Waals surface area contributed by atoms with E-state index in [0.717, 1.165) is 41.3 Å². The first kappa shape index (κ1) is 19.9. The molecule has 2 aromatic heterocycles. The van der Waals surface area contributed by atoms with Crippen LogP contribution in [0.15, 0.2) is 48.9 Å². The van der Waals surface area contributed by atoms with Crippen LogP contribution >= 0.6 is 0 Å². The van der Waals surface area contributed by atoms with Gasteiger partial charge in [-0.25, -0.2) is 9.37 Å². The average molecular weight is 408 g/mol. The summed E-state index contributed by atoms with van der Waals surface area (Å²) in [6.45, 7) is 4.48. The molecule has 0 radical (unpaired) electrons. The van der Waals surface area contributed by atoms with E-state index in [1.807, 2.05) is 23.1 Å². The maximum Gasteiger partial charge on any atom is 0.246 e. The molecule has 0 saturated carbocycles. The van der Waals surface area contributed by atoms with Gasteiger partial charge >= 0.3 is 0 Å². The lowest BCUT2D eigenvalue weighted by atomic mass is 10.2. The van der Waals surface area contributed by atoms with E-state index in [2.05, 4.69) is 27.2 Å². The number of hydrogen-bond acceptors (Lipinski definition) is 5. The highest BCUT2D eigenvalue weighted by Gasteiger charge is 2.26. The minimum absolute atomic E-state index is 0.0760. The zero-order valence-corrected chi connectivity index (χ0v) is 17.2. The lowest BCUT2D eigenvalue weighted by Gasteiger charge is -2.35. The molecule has 1 N–H and O–H groups in total. The van der Waals surface area contributed by atoms with Crippen molar-refractivity contribution in [2.45, 2.75) is 26.4 Å². The van der Waals surface area contributed by atoms with E-state index in [1.165, 1.54) is 12.1 Å². The number of nitrogens with zero attached hydrogens (tertiary/aromatic N) is 5. The zero-order valence-electron chi connectivity index (χ0n) is 17.2. The maximum atomic E-state index is 13.0. The van der Waals surface area contributed by atoms with Gasteiger partial charge in [0.05, 0.1) is 36.9 Å². The third-order valence-corrected chi connectivity index (χ3v) is 5.18. The van der Waals surface area contributed by atoms with Crippen molar-refractivity contribution in [3.63, 3.8) is 0 Å². The van der Waals surface area contributed by atoms with Crippen molar-refractivity contribution in [1.29, 1.82) is 0 Å². The number of fused-ring (bicyclic) bond motifs is 1. The summed E-state index contributed by atoms with van der Waals surface area (Å²) in [6, 6.07) is 8.42. The van der Waals surface area contributed by atoms with Crippen LogP contribution < -0.4 is 15.1 Å². The number of nitrogens with one attached hydrogen (secondary N) is 1. The molecule has 0 bridgehead atoms. The highest BCUT2D eigenvalue weighted by molar-refractivity contribution is 6.02. The van der Waals surface area contributed by atoms with Crippen molar-refractivity contribution in [3.05, 3.63) is 65.9 Å². The highest BCUT2D eigenvalue weighted by atomic mass is 19.1. The molecule has 1 aromatic carbocycles. The Hall–Kier alpha value is -3.42. The molecule has 0 spiro atoms. The summed E-state index contributed by atoms with van der Waals surface area (Å²) in [7, 11) is 1.79. The van der Waals surface area contributed by atoms with Crippen molar-refractivity contribution in [1.82, 2.24) is 14.8 Å². The summed E-state index contributed by atoms with van der Waals surface area (Å²) in [4.78, 5) is 20.4. The summed E-state index contributed by atoms with van der Waals surface area (Å²) in [5.74, 6) is 0.589. The Bertz CT molecular complexity index is 1030. The topological polar surface area (TPSA) is 66.3 Å². The summed E-state index contributed by atoms with van der Waals surface area (Å²) in [5, 5.41) is 7.72. The highest BCUT2D eigenvalue weighted by Crippen LogP contribution is 2.34. The Kier molecular flexibility index (Phi) is 5.65. The summed E-state index contributed by atoms with van der Waals surface area (Å²) < 4.78 is 14.9. The molecule has 30 heavy (non-hydrogen) atoms. The molecule has 156 valence electrons. The van der Waals surface area contributed by atoms with Crippen molar-refractivity contribution in [2.75, 3.05) is 35.3 Å². The van der Waals surface area contributed by atoms with Gasteiger partial charge in [-0.1, -0.05) is 19.1 Å². The molecule has 3 aromatic rings. The minimum Gasteiger partial charge on any atom is -0.366 e. The monoisotopic (exact) mass is 408 g/mol. The number of halogens is 1. The number of pyridine rings is 1. The van der Waals surface area contributed by atoms with Gasteiger partial charge in [-0.3, -0.25) is 9.48 Å². The second kappa shape index (κ2) is 8.52. The molecule has 7 nitrogen and oxygen atoms in total. The normalized spacial score (nSPS) is 13.5. The molecule has 0 aliphatic carbocycles. The molecule has 0 atom stereocenters. The number of likely N-dealkylation sites (N-methyl/N-ethyl adjacent to an activating group) is 1. The van der Waals surface area contributed by atoms with Crippen molar-refractivity contribution < 1.29 is 9.18 Å². The predicted molar refractivity (Wildman–Crippen MR) is 115 cm³/mol. The van der Waals surface area contributed by atoms with Crippen LogP contribution in [0.4, 0.5) is 21.6 Å². The SMILES string of the molecule is CCCN1CC(=O)N(C)c2cnc(NCc3cnn(Cc4ccc(F)cc4)c3)cc21. The lowest BCUT2D eigenvalue weighted by Crippen LogP contribution is -2.44. The van der Waals surface area contributed by atoms with Gasteiger partial charge in [0.2, 0.25) is 5.91 Å². The Balaban J connectivity index is 1.43. The van der Waals surface area contributed by atoms with E-state index in [0.29, 0.717) is 19.6 Å². The van der Waals surface area contributed by atoms with Gasteiger partial charge in [-0.2, -0.15) is 5.10 Å². The van der Waals surface area contributed by atoms with Crippen molar-refractivity contribution in [3.8, 4) is 0 Å². The van der Waals surface area contributed by atoms with E-state index in [9.17, 15) is 9.18 Å². The number of benzene rings is 1. The lowest BCUT2D eigenvalue weighted by molar-refractivity contribution is -0.117. The van der Waals surface area contributed by atoms with Crippen molar-refractivity contribution >= 4 is 23.1 Å². The third-order valence-electron chi connectivity index (χ3n) is 5.18. The van der Waals surface area contributed by atoms with Gasteiger partial charge in [0.25, 0.3) is 0 Å². The van der Waals surface area contributed by atoms with Crippen LogP contribution in [0.25, 0.3) is 0 Å². The van der Waals surface area contributed by atoms with Crippen LogP contribution in [0.2, 0.25) is 0 Å². The quantitative estimate of drug-likeness (QED) is 0.650. The van der Waals surface area contributed by atoms with Crippen LogP contribution in [0, 0.1) is 5.82 Å². The largest absolute Gasteiger partial charge is 0.366 e. The molecule has 1 aliphatic heterocycles. The van der Waals surface area contributed by atoms with E-state index < -0.39 is 0 Å². The number of carbonyl (C=O) groups excluding carboxylic acids is 1. The fraction of sp³-hybridized carbons (Fsp3) is 0.318. The Morgan fingerprint density at radius 1 is 1.13 bits per heavy atom. The van der Waals surface area contributed by atoms with Gasteiger partial charge in [0, 0.05) is 38.0 Å². The minimum atomic E-state index is -0.241. The van der Waals surface area contributed by atoms with E-state index in [4.69, 9.17) is 0 Å². The number of anilines is 3. The zero-order chi connectivity index (χ0) is 21.1. The summed E-state index contributed by atoms with van der Waals surface area (Å²) in [6.07, 6.45) is 6.49. The first-order valence-electron chi connectivity index (χ1n) is 10.0. The molecule has 1 aliphatic rings. The standard InChI is InChI=1S/C22H25FN6O/c1-3-8-28-15-22(30)27(2)20-12-25-21(9-19(20)28)24-10-17-11-26-29(14-17)13-16-4-6-18(23)7-5-16/h4-7,9,11-12,14H,3,8,10,13,15H2,1-2H3,(H,24,25). The fourth-order valence-corrected chi connectivity index (χ4v) is 3.56. The number of aromatic nitrogens is 3. The molecular formula is C22H25FN6O. The van der Waals surface area contributed by atoms with Gasteiger partial charge in [-0.15, -0.1) is 0 Å². The van der Waals surface area contributed by atoms with Crippen LogP contribution in [0.3, 0.4) is 0 Å². The number of carbonyl (C=O) groups is 1. The fourth-order valence-electron chi connectivity index (χ4n) is 3.56. The van der Waals surface area contributed by atoms with Crippen LogP contribution in [0.5, 0.6) is 0 Å². The van der Waals surface area contributed by atoms with Crippen molar-refractivity contribution in [2.24, 2.45) is 0 Å². The van der Waals surface area contributed by atoms with E-state index in [1.54, 1.807) is 30.3 Å². The Labute approximate surface area is 175 Å². The van der Waals surface area contributed by atoms with Gasteiger partial charge in [0.15, 0.2) is 0 Å². The molecule has 8 heteroatoms. The average Bonchev–Trinajstić information content (AvgIpc) is 3.19. The first-order chi connectivity index (χ1) is 14.5. The summed E-state index contributed by atoms with van der Waals surface area (Å²) >= 11 is 0. The Morgan fingerprint density at radius 2 is 1.93 bits per heavy atom. The Morgan fingerprint density at radius 3 is 2.70 bits per heavy atom. The molecule has 3 heterocycles. The number of hydrogen-bond donors (Lipinski definition) is 1. The summed E-state index contributed by atoms with van der Waals surface area (Å²) in [5.41, 5.74) is 3.86. The molecule has 0 saturated heterocycles. The van der Waals surface area contributed by atoms with E-state index >= 15 is 0 Å². The van der Waals surface area contributed by atoms with Crippen LogP contribution in [-0.2, 0) is 17.9 Å². The predicted octanol–water partition coefficient (Wildman–Crippen LogP) is 3.27. The molecular weight excluding hydrogens is 383 g/mol. The second-order valence-electron chi connectivity index (χ2n) is 7.46. The second-order valence-corrected chi connectivity index (χ2v) is 7.46. The number of amides is 1. The molecule has 4 rings (SSSR count). The van der Waals surface area contributed by atoms with Crippen LogP contribution in [0.1, 0.15) is 24.5 Å². The first-order valence-corrected chi connectivity index (χ1v) is 10.0. The molecule has 0 unspecified atom stereocenters. The van der Waals surface area contributed by atoms with Gasteiger partial charge in [0.1, 0.15) is 11.6 Å². The van der Waals surface area contributed by atoms with E-state index in [-0.39, 0.29) is 11.7 Å². The third kappa shape index (κ3) is 4.27. The maximum absolute atomic E-state index is 13.0. The molecule has 1 amide bonds. The number of rotatable bonds is 7. The van der Waals surface area contributed by atoms with Crippen LogP contribution in [-0.4, -0.2) is 40.8 Å². The van der Waals surface area contributed by atoms with Gasteiger partial charge in [-0.05, 0) is 24.1 Å².